The lowest BCUT2D eigenvalue weighted by Gasteiger charge is -2.35. The smallest absolute Gasteiger partial charge is 0.236 e. The van der Waals surface area contributed by atoms with Crippen molar-refractivity contribution in [3.63, 3.8) is 0 Å². The SMILES string of the molecule is CC(=O)N1CCN(C(=O)CN(C)Cc2ccccc2F)CC1. The van der Waals surface area contributed by atoms with Crippen LogP contribution in [0, 0.1) is 5.82 Å². The van der Waals surface area contributed by atoms with Gasteiger partial charge in [0.1, 0.15) is 5.82 Å². The van der Waals surface area contributed by atoms with E-state index >= 15 is 0 Å². The number of likely N-dealkylation sites (N-methyl/N-ethyl adjacent to an activating group) is 1. The Bertz CT molecular complexity index is 542. The molecule has 1 aromatic carbocycles. The summed E-state index contributed by atoms with van der Waals surface area (Å²) in [6.45, 7) is 4.47. The number of amides is 2. The van der Waals surface area contributed by atoms with Crippen LogP contribution in [0.15, 0.2) is 24.3 Å². The highest BCUT2D eigenvalue weighted by molar-refractivity contribution is 5.79. The Morgan fingerprint density at radius 3 is 2.32 bits per heavy atom. The topological polar surface area (TPSA) is 43.9 Å². The molecule has 0 radical (unpaired) electrons. The number of carbonyl (C=O) groups excluding carboxylic acids is 2. The van der Waals surface area contributed by atoms with Crippen molar-refractivity contribution in [1.82, 2.24) is 14.7 Å². The molecule has 0 spiro atoms. The van der Waals surface area contributed by atoms with Gasteiger partial charge in [-0.05, 0) is 13.1 Å². The third-order valence-corrected chi connectivity index (χ3v) is 3.88. The summed E-state index contributed by atoms with van der Waals surface area (Å²) in [6.07, 6.45) is 0. The van der Waals surface area contributed by atoms with E-state index in [4.69, 9.17) is 0 Å². The molecule has 1 aliphatic heterocycles. The quantitative estimate of drug-likeness (QED) is 0.832. The fourth-order valence-electron chi connectivity index (χ4n) is 2.57. The van der Waals surface area contributed by atoms with Crippen LogP contribution in [0.2, 0.25) is 0 Å². The van der Waals surface area contributed by atoms with E-state index in [-0.39, 0.29) is 24.2 Å². The third-order valence-electron chi connectivity index (χ3n) is 3.88. The van der Waals surface area contributed by atoms with Crippen LogP contribution >= 0.6 is 0 Å². The maximum Gasteiger partial charge on any atom is 0.236 e. The number of carbonyl (C=O) groups is 2. The van der Waals surface area contributed by atoms with Crippen molar-refractivity contribution in [2.75, 3.05) is 39.8 Å². The van der Waals surface area contributed by atoms with E-state index in [1.165, 1.54) is 6.07 Å². The van der Waals surface area contributed by atoms with Gasteiger partial charge in [-0.2, -0.15) is 0 Å². The molecule has 2 amide bonds. The van der Waals surface area contributed by atoms with Gasteiger partial charge in [-0.15, -0.1) is 0 Å². The average Bonchev–Trinajstić information content (AvgIpc) is 2.49. The highest BCUT2D eigenvalue weighted by atomic mass is 19.1. The van der Waals surface area contributed by atoms with Gasteiger partial charge in [0.15, 0.2) is 0 Å². The van der Waals surface area contributed by atoms with Gasteiger partial charge < -0.3 is 9.80 Å². The summed E-state index contributed by atoms with van der Waals surface area (Å²) in [4.78, 5) is 28.8. The lowest BCUT2D eigenvalue weighted by molar-refractivity contribution is -0.139. The Morgan fingerprint density at radius 1 is 1.14 bits per heavy atom. The summed E-state index contributed by atoms with van der Waals surface area (Å²) in [7, 11) is 1.80. The van der Waals surface area contributed by atoms with E-state index in [0.29, 0.717) is 38.3 Å². The van der Waals surface area contributed by atoms with Gasteiger partial charge in [0.25, 0.3) is 0 Å². The normalized spacial score (nSPS) is 15.3. The molecule has 0 atom stereocenters. The number of hydrogen-bond donors (Lipinski definition) is 0. The minimum absolute atomic E-state index is 0.0158. The largest absolute Gasteiger partial charge is 0.339 e. The summed E-state index contributed by atoms with van der Waals surface area (Å²) >= 11 is 0. The molecule has 0 aromatic heterocycles. The number of halogens is 1. The predicted molar refractivity (Wildman–Crippen MR) is 81.6 cm³/mol. The fourth-order valence-corrected chi connectivity index (χ4v) is 2.57. The molecule has 5 nitrogen and oxygen atoms in total. The lowest BCUT2D eigenvalue weighted by atomic mass is 10.2. The van der Waals surface area contributed by atoms with Crippen LogP contribution in [-0.4, -0.2) is 66.3 Å². The van der Waals surface area contributed by atoms with Gasteiger partial charge in [-0.1, -0.05) is 18.2 Å². The van der Waals surface area contributed by atoms with E-state index in [0.717, 1.165) is 0 Å². The van der Waals surface area contributed by atoms with Crippen molar-refractivity contribution in [2.45, 2.75) is 13.5 Å². The molecule has 1 fully saturated rings. The van der Waals surface area contributed by atoms with E-state index < -0.39 is 0 Å². The molecule has 0 saturated carbocycles. The molecule has 120 valence electrons. The zero-order valence-corrected chi connectivity index (χ0v) is 13.1. The first-order valence-corrected chi connectivity index (χ1v) is 7.42. The Kier molecular flexibility index (Phi) is 5.49. The Balaban J connectivity index is 1.82. The minimum Gasteiger partial charge on any atom is -0.339 e. The first-order valence-electron chi connectivity index (χ1n) is 7.42. The van der Waals surface area contributed by atoms with Crippen LogP contribution in [0.1, 0.15) is 12.5 Å². The summed E-state index contributed by atoms with van der Waals surface area (Å²) in [5, 5.41) is 0. The number of nitrogens with zero attached hydrogens (tertiary/aromatic N) is 3. The van der Waals surface area contributed by atoms with E-state index in [1.807, 2.05) is 0 Å². The maximum absolute atomic E-state index is 13.6. The number of benzene rings is 1. The predicted octanol–water partition coefficient (Wildman–Crippen LogP) is 0.948. The molecule has 1 aliphatic rings. The number of hydrogen-bond acceptors (Lipinski definition) is 3. The van der Waals surface area contributed by atoms with Crippen LogP contribution in [0.25, 0.3) is 0 Å². The van der Waals surface area contributed by atoms with Crippen LogP contribution in [0.4, 0.5) is 4.39 Å². The molecule has 0 bridgehead atoms. The van der Waals surface area contributed by atoms with Crippen molar-refractivity contribution in [1.29, 1.82) is 0 Å². The molecular weight excluding hydrogens is 285 g/mol. The maximum atomic E-state index is 13.6. The molecule has 0 aliphatic carbocycles. The monoisotopic (exact) mass is 307 g/mol. The Hall–Kier alpha value is -1.95. The Morgan fingerprint density at radius 2 is 1.73 bits per heavy atom. The van der Waals surface area contributed by atoms with Gasteiger partial charge in [0, 0.05) is 45.2 Å². The molecule has 0 unspecified atom stereocenters. The van der Waals surface area contributed by atoms with E-state index in [1.54, 1.807) is 46.9 Å². The van der Waals surface area contributed by atoms with Crippen LogP contribution in [0.3, 0.4) is 0 Å². The Labute approximate surface area is 130 Å². The highest BCUT2D eigenvalue weighted by Crippen LogP contribution is 2.09. The summed E-state index contributed by atoms with van der Waals surface area (Å²) in [5.41, 5.74) is 0.583. The van der Waals surface area contributed by atoms with Gasteiger partial charge in [-0.25, -0.2) is 4.39 Å². The van der Waals surface area contributed by atoms with Crippen LogP contribution in [0.5, 0.6) is 0 Å². The lowest BCUT2D eigenvalue weighted by Crippen LogP contribution is -2.51. The second-order valence-electron chi connectivity index (χ2n) is 5.65. The second kappa shape index (κ2) is 7.35. The molecule has 2 rings (SSSR count). The van der Waals surface area contributed by atoms with Crippen molar-refractivity contribution in [2.24, 2.45) is 0 Å². The third kappa shape index (κ3) is 4.27. The first-order chi connectivity index (χ1) is 10.5. The zero-order chi connectivity index (χ0) is 16.1. The van der Waals surface area contributed by atoms with Gasteiger partial charge in [0.05, 0.1) is 6.54 Å². The number of piperazine rings is 1. The average molecular weight is 307 g/mol. The highest BCUT2D eigenvalue weighted by Gasteiger charge is 2.23. The number of rotatable bonds is 4. The van der Waals surface area contributed by atoms with Crippen molar-refractivity contribution in [3.05, 3.63) is 35.6 Å². The van der Waals surface area contributed by atoms with Crippen LogP contribution in [-0.2, 0) is 16.1 Å². The zero-order valence-electron chi connectivity index (χ0n) is 13.1. The van der Waals surface area contributed by atoms with Crippen molar-refractivity contribution >= 4 is 11.8 Å². The summed E-state index contributed by atoms with van der Waals surface area (Å²) in [5.74, 6) is -0.192. The standard InChI is InChI=1S/C16H22FN3O2/c1-13(21)19-7-9-20(10-8-19)16(22)12-18(2)11-14-5-3-4-6-15(14)17/h3-6H,7-12H2,1-2H3. The van der Waals surface area contributed by atoms with Crippen molar-refractivity contribution in [3.8, 4) is 0 Å². The fraction of sp³-hybridized carbons (Fsp3) is 0.500. The molecule has 22 heavy (non-hydrogen) atoms. The second-order valence-corrected chi connectivity index (χ2v) is 5.65. The van der Waals surface area contributed by atoms with E-state index in [9.17, 15) is 14.0 Å². The molecule has 6 heteroatoms. The summed E-state index contributed by atoms with van der Waals surface area (Å²) in [6, 6.07) is 6.58. The van der Waals surface area contributed by atoms with Crippen molar-refractivity contribution < 1.29 is 14.0 Å². The molecule has 1 saturated heterocycles. The molecule has 1 aromatic rings. The van der Waals surface area contributed by atoms with Gasteiger partial charge >= 0.3 is 0 Å². The van der Waals surface area contributed by atoms with Gasteiger partial charge in [0.2, 0.25) is 11.8 Å². The molecule has 0 N–H and O–H groups in total. The minimum atomic E-state index is -0.253. The molecular formula is C16H22FN3O2. The molecule has 1 heterocycles. The van der Waals surface area contributed by atoms with E-state index in [2.05, 4.69) is 0 Å². The summed E-state index contributed by atoms with van der Waals surface area (Å²) < 4.78 is 13.6. The first kappa shape index (κ1) is 16.4. The van der Waals surface area contributed by atoms with Gasteiger partial charge in [-0.3, -0.25) is 14.5 Å². The van der Waals surface area contributed by atoms with Crippen LogP contribution < -0.4 is 0 Å².